The van der Waals surface area contributed by atoms with Gasteiger partial charge in [-0.2, -0.15) is 0 Å². The van der Waals surface area contributed by atoms with Gasteiger partial charge >= 0.3 is 5.97 Å². The van der Waals surface area contributed by atoms with Crippen molar-refractivity contribution >= 4 is 39.5 Å². The second-order valence-electron chi connectivity index (χ2n) is 4.07. The van der Waals surface area contributed by atoms with Gasteiger partial charge in [0.05, 0.1) is 16.2 Å². The van der Waals surface area contributed by atoms with Crippen molar-refractivity contribution in [2.75, 3.05) is 0 Å². The fraction of sp³-hybridized carbons (Fsp3) is 0. The largest absolute Gasteiger partial charge is 0.478 e. The van der Waals surface area contributed by atoms with Crippen LogP contribution in [0.25, 0.3) is 0 Å². The zero-order valence-corrected chi connectivity index (χ0v) is 12.1. The molecule has 0 bridgehead atoms. The predicted molar refractivity (Wildman–Crippen MR) is 81.5 cm³/mol. The molecule has 0 saturated carbocycles. The summed E-state index contributed by atoms with van der Waals surface area (Å²) in [5.74, 6) is -1.19. The summed E-state index contributed by atoms with van der Waals surface area (Å²) >= 11 is 3.30. The first-order valence-corrected chi connectivity index (χ1v) is 6.58. The van der Waals surface area contributed by atoms with Crippen LogP contribution < -0.4 is 0 Å². The van der Waals surface area contributed by atoms with E-state index in [-0.39, 0.29) is 16.9 Å². The topological polar surface area (TPSA) is 92.8 Å². The van der Waals surface area contributed by atoms with E-state index in [0.717, 1.165) is 22.2 Å². The Morgan fingerprint density at radius 2 is 1.90 bits per heavy atom. The van der Waals surface area contributed by atoms with E-state index in [2.05, 4.69) is 20.9 Å². The molecule has 0 fully saturated rings. The average molecular weight is 349 g/mol. The Balaban J connectivity index is 2.40. The molecule has 0 atom stereocenters. The Morgan fingerprint density at radius 3 is 2.48 bits per heavy atom. The molecule has 0 radical (unpaired) electrons. The lowest BCUT2D eigenvalue weighted by Crippen LogP contribution is -1.98. The highest BCUT2D eigenvalue weighted by Crippen LogP contribution is 2.25. The normalized spacial score (nSPS) is 10.7. The van der Waals surface area contributed by atoms with Gasteiger partial charge in [0.2, 0.25) is 0 Å². The summed E-state index contributed by atoms with van der Waals surface area (Å²) in [6.45, 7) is 0. The van der Waals surface area contributed by atoms with Crippen molar-refractivity contribution in [3.8, 4) is 0 Å². The molecule has 0 aliphatic carbocycles. The molecule has 0 aromatic heterocycles. The van der Waals surface area contributed by atoms with Crippen LogP contribution in [0.4, 0.5) is 11.4 Å². The third-order valence-corrected chi connectivity index (χ3v) is 3.17. The number of aliphatic imine (C=N–C) groups is 1. The molecule has 21 heavy (non-hydrogen) atoms. The highest BCUT2D eigenvalue weighted by molar-refractivity contribution is 9.10. The number of halogens is 1. The van der Waals surface area contributed by atoms with Gasteiger partial charge in [-0.15, -0.1) is 0 Å². The molecule has 106 valence electrons. The summed E-state index contributed by atoms with van der Waals surface area (Å²) in [5.41, 5.74) is 0.498. The summed E-state index contributed by atoms with van der Waals surface area (Å²) in [7, 11) is 0. The van der Waals surface area contributed by atoms with Gasteiger partial charge in [0.1, 0.15) is 0 Å². The van der Waals surface area contributed by atoms with Crippen LogP contribution in [-0.4, -0.2) is 22.2 Å². The van der Waals surface area contributed by atoms with Crippen LogP contribution in [0.3, 0.4) is 0 Å². The lowest BCUT2D eigenvalue weighted by Gasteiger charge is -2.01. The van der Waals surface area contributed by atoms with Gasteiger partial charge in [0.25, 0.3) is 5.69 Å². The third kappa shape index (κ3) is 3.73. The maximum absolute atomic E-state index is 11.1. The van der Waals surface area contributed by atoms with Crippen molar-refractivity contribution in [3.05, 3.63) is 68.2 Å². The van der Waals surface area contributed by atoms with Gasteiger partial charge in [0, 0.05) is 22.8 Å². The Kier molecular flexibility index (Phi) is 4.44. The summed E-state index contributed by atoms with van der Waals surface area (Å²) in [5, 5.41) is 19.8. The van der Waals surface area contributed by atoms with Crippen LogP contribution in [0, 0.1) is 10.1 Å². The van der Waals surface area contributed by atoms with E-state index in [9.17, 15) is 14.9 Å². The van der Waals surface area contributed by atoms with Gasteiger partial charge in [-0.1, -0.05) is 28.1 Å². The second kappa shape index (κ2) is 6.27. The fourth-order valence-corrected chi connectivity index (χ4v) is 1.88. The van der Waals surface area contributed by atoms with E-state index >= 15 is 0 Å². The molecule has 0 amide bonds. The molecule has 0 aliphatic heterocycles. The Morgan fingerprint density at radius 1 is 1.24 bits per heavy atom. The van der Waals surface area contributed by atoms with Crippen molar-refractivity contribution in [3.63, 3.8) is 0 Å². The molecule has 0 saturated heterocycles. The third-order valence-electron chi connectivity index (χ3n) is 2.65. The van der Waals surface area contributed by atoms with E-state index in [1.54, 1.807) is 12.1 Å². The Bertz CT molecular complexity index is 726. The highest BCUT2D eigenvalue weighted by atomic mass is 79.9. The molecule has 0 unspecified atom stereocenters. The molecule has 6 nitrogen and oxygen atoms in total. The zero-order chi connectivity index (χ0) is 15.4. The summed E-state index contributed by atoms with van der Waals surface area (Å²) in [6.07, 6.45) is 1.46. The van der Waals surface area contributed by atoms with Gasteiger partial charge < -0.3 is 5.11 Å². The number of nitro benzene ring substituents is 1. The first-order valence-electron chi connectivity index (χ1n) is 5.79. The molecule has 0 heterocycles. The molecule has 2 aromatic rings. The number of hydrogen-bond donors (Lipinski definition) is 1. The quantitative estimate of drug-likeness (QED) is 0.516. The van der Waals surface area contributed by atoms with Gasteiger partial charge in [-0.05, 0) is 23.8 Å². The smallest absolute Gasteiger partial charge is 0.337 e. The van der Waals surface area contributed by atoms with Crippen molar-refractivity contribution < 1.29 is 14.8 Å². The minimum absolute atomic E-state index is 0.0413. The maximum atomic E-state index is 11.1. The number of nitrogens with zero attached hydrogens (tertiary/aromatic N) is 2. The number of non-ortho nitro benzene ring substituents is 1. The van der Waals surface area contributed by atoms with Gasteiger partial charge in [0.15, 0.2) is 0 Å². The lowest BCUT2D eigenvalue weighted by molar-refractivity contribution is -0.384. The van der Waals surface area contributed by atoms with Crippen molar-refractivity contribution in [2.24, 2.45) is 4.99 Å². The van der Waals surface area contributed by atoms with E-state index in [0.29, 0.717) is 0 Å². The van der Waals surface area contributed by atoms with E-state index in [4.69, 9.17) is 5.11 Å². The number of hydrogen-bond acceptors (Lipinski definition) is 4. The standard InChI is InChI=1S/C14H9BrN2O4/c15-10-3-1-9(2-4-10)8-16-13-7-11(17(20)21)5-6-12(13)14(18)19/h1-8H,(H,18,19). The SMILES string of the molecule is O=C(O)c1ccc([N+](=O)[O-])cc1N=Cc1ccc(Br)cc1. The highest BCUT2D eigenvalue weighted by Gasteiger charge is 2.14. The minimum Gasteiger partial charge on any atom is -0.478 e. The van der Waals surface area contributed by atoms with Crippen LogP contribution in [0.15, 0.2) is 51.9 Å². The molecule has 7 heteroatoms. The first-order chi connectivity index (χ1) is 9.97. The monoisotopic (exact) mass is 348 g/mol. The molecular formula is C14H9BrN2O4. The van der Waals surface area contributed by atoms with Gasteiger partial charge in [-0.25, -0.2) is 4.79 Å². The first kappa shape index (κ1) is 14.9. The van der Waals surface area contributed by atoms with Crippen molar-refractivity contribution in [2.45, 2.75) is 0 Å². The van der Waals surface area contributed by atoms with Crippen LogP contribution >= 0.6 is 15.9 Å². The number of nitro groups is 1. The average Bonchev–Trinajstić information content (AvgIpc) is 2.46. The number of benzene rings is 2. The number of rotatable bonds is 4. The fourth-order valence-electron chi connectivity index (χ4n) is 1.61. The van der Waals surface area contributed by atoms with E-state index in [1.807, 2.05) is 12.1 Å². The molecule has 2 rings (SSSR count). The van der Waals surface area contributed by atoms with Crippen LogP contribution in [0.2, 0.25) is 0 Å². The van der Waals surface area contributed by atoms with Crippen LogP contribution in [-0.2, 0) is 0 Å². The summed E-state index contributed by atoms with van der Waals surface area (Å²) < 4.78 is 0.904. The molecular weight excluding hydrogens is 340 g/mol. The summed E-state index contributed by atoms with van der Waals surface area (Å²) in [4.78, 5) is 25.3. The van der Waals surface area contributed by atoms with E-state index in [1.165, 1.54) is 12.3 Å². The molecule has 1 N–H and O–H groups in total. The molecule has 0 aliphatic rings. The lowest BCUT2D eigenvalue weighted by atomic mass is 10.1. The maximum Gasteiger partial charge on any atom is 0.337 e. The van der Waals surface area contributed by atoms with E-state index < -0.39 is 10.9 Å². The number of carbonyl (C=O) groups is 1. The Labute approximate surface area is 128 Å². The minimum atomic E-state index is -1.19. The predicted octanol–water partition coefficient (Wildman–Crippen LogP) is 3.81. The Hall–Kier alpha value is -2.54. The van der Waals surface area contributed by atoms with Gasteiger partial charge in [-0.3, -0.25) is 15.1 Å². The molecule has 0 spiro atoms. The zero-order valence-electron chi connectivity index (χ0n) is 10.6. The number of carboxylic acids is 1. The second-order valence-corrected chi connectivity index (χ2v) is 4.99. The van der Waals surface area contributed by atoms with Crippen molar-refractivity contribution in [1.82, 2.24) is 0 Å². The van der Waals surface area contributed by atoms with Crippen molar-refractivity contribution in [1.29, 1.82) is 0 Å². The molecule has 2 aromatic carbocycles. The summed E-state index contributed by atoms with van der Waals surface area (Å²) in [6, 6.07) is 10.6. The van der Waals surface area contributed by atoms with Crippen LogP contribution in [0.1, 0.15) is 15.9 Å². The number of carboxylic acid groups (broad SMARTS) is 1. The van der Waals surface area contributed by atoms with Crippen LogP contribution in [0.5, 0.6) is 0 Å². The number of aromatic carboxylic acids is 1.